The molecule has 1 unspecified atom stereocenters. The topological polar surface area (TPSA) is 175 Å². The van der Waals surface area contributed by atoms with Crippen LogP contribution in [0.25, 0.3) is 0 Å². The summed E-state index contributed by atoms with van der Waals surface area (Å²) in [6.45, 7) is 16.1. The van der Waals surface area contributed by atoms with Gasteiger partial charge in [-0.15, -0.1) is 0 Å². The number of esters is 1. The molecule has 0 aromatic carbocycles. The van der Waals surface area contributed by atoms with E-state index in [0.29, 0.717) is 24.5 Å². The highest BCUT2D eigenvalue weighted by Crippen LogP contribution is 2.15. The molecule has 0 fully saturated rings. The number of hydrogen-bond donors (Lipinski definition) is 4. The number of fused-ring (bicyclic) bond motifs is 2. The van der Waals surface area contributed by atoms with Gasteiger partial charge in [0.15, 0.2) is 0 Å². The van der Waals surface area contributed by atoms with Crippen molar-refractivity contribution in [3.63, 3.8) is 0 Å². The van der Waals surface area contributed by atoms with Gasteiger partial charge in [-0.3, -0.25) is 10.1 Å². The lowest BCUT2D eigenvalue weighted by molar-refractivity contribution is -0.157. The standard InChI is InChI=1S/C33H51N7O7/c1-21(2)26-19-45-14-10-9-13-40-18-23(35-20-40)16-24(28(41)36-26)37-30(43)38-25(29(42)46-32(3,4)5)15-22-11-12-27(34-17-22)39-31(44)47-33(6,7)8/h11-12,17-18,20-21,24-26H,9-10,13-16,19H2,1-8H3,(H,36,41)(H,34,39,44)(H2,37,38,43)/t24-,25?,26-/m1/s1. The molecule has 0 aliphatic carbocycles. The number of nitrogens with zero attached hydrogens (tertiary/aromatic N) is 3. The van der Waals surface area contributed by atoms with Gasteiger partial charge in [0.1, 0.15) is 29.1 Å². The highest BCUT2D eigenvalue weighted by atomic mass is 16.6. The summed E-state index contributed by atoms with van der Waals surface area (Å²) in [7, 11) is 0. The molecular weight excluding hydrogens is 606 g/mol. The van der Waals surface area contributed by atoms with Crippen molar-refractivity contribution in [2.45, 2.75) is 117 Å². The third-order valence-electron chi connectivity index (χ3n) is 7.00. The fraction of sp³-hybridized carbons (Fsp3) is 0.636. The lowest BCUT2D eigenvalue weighted by Crippen LogP contribution is -2.57. The van der Waals surface area contributed by atoms with E-state index in [1.165, 1.54) is 6.20 Å². The van der Waals surface area contributed by atoms with Gasteiger partial charge in [0.05, 0.1) is 24.7 Å². The molecule has 14 heteroatoms. The third-order valence-corrected chi connectivity index (χ3v) is 7.00. The van der Waals surface area contributed by atoms with Gasteiger partial charge in [-0.1, -0.05) is 19.9 Å². The van der Waals surface area contributed by atoms with E-state index in [1.807, 2.05) is 24.6 Å². The quantitative estimate of drug-likeness (QED) is 0.323. The maximum absolute atomic E-state index is 13.6. The van der Waals surface area contributed by atoms with Crippen molar-refractivity contribution < 1.29 is 33.4 Å². The number of nitrogens with one attached hydrogen (secondary N) is 4. The van der Waals surface area contributed by atoms with Gasteiger partial charge in [0.2, 0.25) is 5.91 Å². The first-order valence-corrected chi connectivity index (χ1v) is 16.1. The predicted octanol–water partition coefficient (Wildman–Crippen LogP) is 3.74. The second kappa shape index (κ2) is 16.6. The van der Waals surface area contributed by atoms with Gasteiger partial charge in [0.25, 0.3) is 0 Å². The van der Waals surface area contributed by atoms with E-state index in [0.717, 1.165) is 19.4 Å². The number of aryl methyl sites for hydroxylation is 1. The summed E-state index contributed by atoms with van der Waals surface area (Å²) in [6, 6.07) is 0.158. The second-order valence-electron chi connectivity index (χ2n) is 14.1. The van der Waals surface area contributed by atoms with Gasteiger partial charge in [-0.25, -0.2) is 24.4 Å². The molecule has 3 heterocycles. The second-order valence-corrected chi connectivity index (χ2v) is 14.1. The van der Waals surface area contributed by atoms with Gasteiger partial charge < -0.3 is 34.7 Å². The summed E-state index contributed by atoms with van der Waals surface area (Å²) in [5, 5.41) is 11.0. The number of ether oxygens (including phenoxy) is 3. The Balaban J connectivity index is 1.77. The zero-order chi connectivity index (χ0) is 34.8. The first-order valence-electron chi connectivity index (χ1n) is 16.1. The third kappa shape index (κ3) is 13.6. The number of imidazole rings is 1. The number of anilines is 1. The molecule has 4 N–H and O–H groups in total. The minimum Gasteiger partial charge on any atom is -0.458 e. The van der Waals surface area contributed by atoms with Crippen molar-refractivity contribution in [2.24, 2.45) is 5.92 Å². The van der Waals surface area contributed by atoms with Crippen LogP contribution in [-0.4, -0.2) is 81.1 Å². The smallest absolute Gasteiger partial charge is 0.413 e. The minimum absolute atomic E-state index is 0.0378. The number of hydrogen-bond acceptors (Lipinski definition) is 9. The van der Waals surface area contributed by atoms with Crippen molar-refractivity contribution in [3.05, 3.63) is 42.1 Å². The summed E-state index contributed by atoms with van der Waals surface area (Å²) < 4.78 is 18.7. The van der Waals surface area contributed by atoms with E-state index in [2.05, 4.69) is 31.2 Å². The van der Waals surface area contributed by atoms with Crippen molar-refractivity contribution >= 4 is 29.8 Å². The number of carbonyl (C=O) groups is 4. The van der Waals surface area contributed by atoms with Gasteiger partial charge >= 0.3 is 18.1 Å². The lowest BCUT2D eigenvalue weighted by atomic mass is 10.0. The number of carbonyl (C=O) groups excluding carboxylic acids is 4. The first-order chi connectivity index (χ1) is 22.0. The van der Waals surface area contributed by atoms with Crippen LogP contribution in [0.15, 0.2) is 30.9 Å². The normalized spacial score (nSPS) is 18.7. The molecule has 0 saturated carbocycles. The molecule has 2 bridgehead atoms. The van der Waals surface area contributed by atoms with Crippen LogP contribution >= 0.6 is 0 Å². The Morgan fingerprint density at radius 3 is 2.43 bits per heavy atom. The van der Waals surface area contributed by atoms with Crippen molar-refractivity contribution in [2.75, 3.05) is 18.5 Å². The molecular formula is C33H51N7O7. The number of pyridine rings is 1. The summed E-state index contributed by atoms with van der Waals surface area (Å²) >= 11 is 0. The van der Waals surface area contributed by atoms with Gasteiger partial charge in [-0.2, -0.15) is 0 Å². The molecule has 3 rings (SSSR count). The van der Waals surface area contributed by atoms with E-state index in [1.54, 1.807) is 60.0 Å². The van der Waals surface area contributed by atoms with Crippen LogP contribution in [-0.2, 0) is 43.2 Å². The monoisotopic (exact) mass is 657 g/mol. The Morgan fingerprint density at radius 1 is 1.06 bits per heavy atom. The number of urea groups is 1. The zero-order valence-electron chi connectivity index (χ0n) is 28.8. The minimum atomic E-state index is -1.11. The number of amides is 4. The maximum Gasteiger partial charge on any atom is 0.413 e. The first kappa shape index (κ1) is 37.3. The highest BCUT2D eigenvalue weighted by molar-refractivity contribution is 5.89. The van der Waals surface area contributed by atoms with Crippen molar-refractivity contribution in [1.29, 1.82) is 0 Å². The van der Waals surface area contributed by atoms with E-state index in [4.69, 9.17) is 14.2 Å². The average Bonchev–Trinajstić information content (AvgIpc) is 3.39. The molecule has 260 valence electrons. The van der Waals surface area contributed by atoms with Crippen LogP contribution < -0.4 is 21.3 Å². The molecule has 0 saturated heterocycles. The Kier molecular flexibility index (Phi) is 13.1. The summed E-state index contributed by atoms with van der Waals surface area (Å²) in [4.78, 5) is 61.0. The molecule has 3 atom stereocenters. The maximum atomic E-state index is 13.6. The zero-order valence-corrected chi connectivity index (χ0v) is 28.8. The molecule has 0 radical (unpaired) electrons. The molecule has 4 amide bonds. The molecule has 2 aromatic rings. The van der Waals surface area contributed by atoms with Gasteiger partial charge in [-0.05, 0) is 71.9 Å². The highest BCUT2D eigenvalue weighted by Gasteiger charge is 2.30. The fourth-order valence-electron chi connectivity index (χ4n) is 4.63. The largest absolute Gasteiger partial charge is 0.458 e. The molecule has 1 aliphatic rings. The average molecular weight is 658 g/mol. The van der Waals surface area contributed by atoms with Crippen LogP contribution in [0.3, 0.4) is 0 Å². The summed E-state index contributed by atoms with van der Waals surface area (Å²) in [5.74, 6) is -0.693. The molecule has 14 nitrogen and oxygen atoms in total. The number of rotatable bonds is 7. The van der Waals surface area contributed by atoms with Crippen LogP contribution in [0, 0.1) is 5.92 Å². The van der Waals surface area contributed by atoms with E-state index in [9.17, 15) is 19.2 Å². The molecule has 2 aromatic heterocycles. The summed E-state index contributed by atoms with van der Waals surface area (Å²) in [6.07, 6.45) is 6.40. The predicted molar refractivity (Wildman–Crippen MR) is 176 cm³/mol. The molecule has 0 spiro atoms. The van der Waals surface area contributed by atoms with Crippen LogP contribution in [0.1, 0.15) is 79.5 Å². The molecule has 1 aliphatic heterocycles. The summed E-state index contributed by atoms with van der Waals surface area (Å²) in [5.41, 5.74) is -0.243. The van der Waals surface area contributed by atoms with Crippen molar-refractivity contribution in [3.8, 4) is 0 Å². The molecule has 47 heavy (non-hydrogen) atoms. The Hall–Kier alpha value is -4.20. The van der Waals surface area contributed by atoms with E-state index in [-0.39, 0.29) is 36.5 Å². The van der Waals surface area contributed by atoms with Crippen LogP contribution in [0.2, 0.25) is 0 Å². The number of aromatic nitrogens is 3. The Bertz CT molecular complexity index is 1350. The van der Waals surface area contributed by atoms with E-state index < -0.39 is 41.4 Å². The Morgan fingerprint density at radius 2 is 1.79 bits per heavy atom. The van der Waals surface area contributed by atoms with E-state index >= 15 is 0 Å². The lowest BCUT2D eigenvalue weighted by Gasteiger charge is -2.27. The fourth-order valence-corrected chi connectivity index (χ4v) is 4.63. The van der Waals surface area contributed by atoms with Crippen LogP contribution in [0.4, 0.5) is 15.4 Å². The van der Waals surface area contributed by atoms with Crippen LogP contribution in [0.5, 0.6) is 0 Å². The van der Waals surface area contributed by atoms with Gasteiger partial charge in [0, 0.05) is 38.4 Å². The van der Waals surface area contributed by atoms with Crippen molar-refractivity contribution in [1.82, 2.24) is 30.5 Å². The SMILES string of the molecule is CC(C)[C@H]1COCCCCn2cnc(c2)C[C@@H](NC(=O)NC(Cc2ccc(NC(=O)OC(C)(C)C)nc2)C(=O)OC(C)(C)C)C(=O)N1. The Labute approximate surface area is 277 Å².